The molecule has 3 aromatic rings. The number of hydrogen-bond donors (Lipinski definition) is 1. The topological polar surface area (TPSA) is 95.5 Å². The summed E-state index contributed by atoms with van der Waals surface area (Å²) in [4.78, 5) is 51.2. The second-order valence-corrected chi connectivity index (χ2v) is 9.87. The van der Waals surface area contributed by atoms with Crippen LogP contribution < -0.4 is 15.1 Å². The van der Waals surface area contributed by atoms with Crippen molar-refractivity contribution in [2.24, 2.45) is 0 Å². The molecule has 0 radical (unpaired) electrons. The molecule has 2 aromatic carbocycles. The molecule has 0 bridgehead atoms. The molecule has 202 valence electrons. The van der Waals surface area contributed by atoms with Crippen molar-refractivity contribution in [1.29, 1.82) is 0 Å². The summed E-state index contributed by atoms with van der Waals surface area (Å²) in [6.45, 7) is 0. The van der Waals surface area contributed by atoms with Crippen LogP contribution >= 0.6 is 11.6 Å². The molecule has 12 heteroatoms. The Hall–Kier alpha value is -3.99. The number of hydrogen-bond acceptors (Lipinski definition) is 5. The van der Waals surface area contributed by atoms with E-state index in [1.807, 2.05) is 0 Å². The largest absolute Gasteiger partial charge is 0.351 e. The number of alkyl halides is 2. The van der Waals surface area contributed by atoms with Gasteiger partial charge in [0, 0.05) is 47.8 Å². The summed E-state index contributed by atoms with van der Waals surface area (Å²) in [5.41, 5.74) is 0.235. The molecule has 1 N–H and O–H groups in total. The molecule has 1 saturated heterocycles. The molecule has 1 saturated carbocycles. The van der Waals surface area contributed by atoms with E-state index in [1.54, 1.807) is 12.1 Å². The maximum Gasteiger partial charge on any atom is 0.252 e. The SMILES string of the molecule is O=C(NC1CC(F)(F)C1)C(c1ccccc1Cl)N(C(=O)C1CCC(=O)N1c1ccncn1)c1cccc(F)c1. The fraction of sp³-hybridized carbons (Fsp3) is 0.296. The van der Waals surface area contributed by atoms with E-state index in [9.17, 15) is 27.6 Å². The van der Waals surface area contributed by atoms with Gasteiger partial charge in [-0.2, -0.15) is 0 Å². The Morgan fingerprint density at radius 3 is 2.56 bits per heavy atom. The first-order chi connectivity index (χ1) is 18.6. The highest BCUT2D eigenvalue weighted by atomic mass is 35.5. The van der Waals surface area contributed by atoms with Crippen molar-refractivity contribution in [3.8, 4) is 0 Å². The highest BCUT2D eigenvalue weighted by Gasteiger charge is 2.48. The Morgan fingerprint density at radius 1 is 1.13 bits per heavy atom. The third-order valence-electron chi connectivity index (χ3n) is 6.78. The van der Waals surface area contributed by atoms with Crippen LogP contribution in [0.1, 0.15) is 37.3 Å². The first-order valence-electron chi connectivity index (χ1n) is 12.2. The number of amides is 3. The van der Waals surface area contributed by atoms with Crippen LogP contribution in [0.15, 0.2) is 67.1 Å². The molecule has 0 spiro atoms. The Morgan fingerprint density at radius 2 is 1.90 bits per heavy atom. The number of nitrogens with one attached hydrogen (secondary N) is 1. The molecule has 2 fully saturated rings. The van der Waals surface area contributed by atoms with Crippen molar-refractivity contribution >= 4 is 40.8 Å². The Balaban J connectivity index is 1.60. The predicted octanol–water partition coefficient (Wildman–Crippen LogP) is 4.45. The van der Waals surface area contributed by atoms with Gasteiger partial charge in [0.1, 0.15) is 30.0 Å². The first kappa shape index (κ1) is 26.6. The third kappa shape index (κ3) is 5.44. The lowest BCUT2D eigenvalue weighted by Gasteiger charge is -2.39. The normalized spacial score (nSPS) is 19.3. The summed E-state index contributed by atoms with van der Waals surface area (Å²) < 4.78 is 41.5. The van der Waals surface area contributed by atoms with Crippen molar-refractivity contribution in [3.63, 3.8) is 0 Å². The van der Waals surface area contributed by atoms with Gasteiger partial charge in [-0.25, -0.2) is 23.1 Å². The molecular weight excluding hydrogens is 535 g/mol. The van der Waals surface area contributed by atoms with Gasteiger partial charge in [-0.1, -0.05) is 35.9 Å². The second-order valence-electron chi connectivity index (χ2n) is 9.47. The van der Waals surface area contributed by atoms with E-state index in [4.69, 9.17) is 11.6 Å². The van der Waals surface area contributed by atoms with Crippen LogP contribution in [0.4, 0.5) is 24.7 Å². The van der Waals surface area contributed by atoms with Gasteiger partial charge in [0.25, 0.3) is 11.8 Å². The molecule has 1 aliphatic carbocycles. The molecule has 39 heavy (non-hydrogen) atoms. The predicted molar refractivity (Wildman–Crippen MR) is 137 cm³/mol. The van der Waals surface area contributed by atoms with Crippen LogP contribution in [0.5, 0.6) is 0 Å². The smallest absolute Gasteiger partial charge is 0.252 e. The quantitative estimate of drug-likeness (QED) is 0.463. The molecule has 8 nitrogen and oxygen atoms in total. The lowest BCUT2D eigenvalue weighted by molar-refractivity contribution is -0.133. The Labute approximate surface area is 226 Å². The van der Waals surface area contributed by atoms with Gasteiger partial charge in [-0.15, -0.1) is 0 Å². The van der Waals surface area contributed by atoms with Gasteiger partial charge in [0.2, 0.25) is 11.8 Å². The van der Waals surface area contributed by atoms with E-state index in [0.717, 1.165) is 11.0 Å². The van der Waals surface area contributed by atoms with Gasteiger partial charge in [-0.05, 0) is 36.8 Å². The van der Waals surface area contributed by atoms with Crippen molar-refractivity contribution in [2.75, 3.05) is 9.80 Å². The molecule has 5 rings (SSSR count). The van der Waals surface area contributed by atoms with Crippen molar-refractivity contribution in [1.82, 2.24) is 15.3 Å². The summed E-state index contributed by atoms with van der Waals surface area (Å²) >= 11 is 6.47. The van der Waals surface area contributed by atoms with Crippen LogP contribution in [0.25, 0.3) is 0 Å². The van der Waals surface area contributed by atoms with Crippen molar-refractivity contribution < 1.29 is 27.6 Å². The summed E-state index contributed by atoms with van der Waals surface area (Å²) in [5.74, 6) is -5.18. The molecule has 2 heterocycles. The summed E-state index contributed by atoms with van der Waals surface area (Å²) in [5, 5.41) is 2.73. The summed E-state index contributed by atoms with van der Waals surface area (Å²) in [6.07, 6.45) is 1.73. The minimum absolute atomic E-state index is 0.0287. The number of benzene rings is 2. The number of carbonyl (C=O) groups is 3. The fourth-order valence-electron chi connectivity index (χ4n) is 4.96. The molecular formula is C27H23ClF3N5O3. The molecule has 2 aliphatic rings. The number of halogens is 4. The maximum atomic E-state index is 14.4. The summed E-state index contributed by atoms with van der Waals surface area (Å²) in [7, 11) is 0. The molecule has 3 amide bonds. The van der Waals surface area contributed by atoms with Crippen LogP contribution in [-0.2, 0) is 14.4 Å². The third-order valence-corrected chi connectivity index (χ3v) is 7.12. The molecule has 1 aliphatic heterocycles. The zero-order valence-electron chi connectivity index (χ0n) is 20.4. The number of aromatic nitrogens is 2. The lowest BCUT2D eigenvalue weighted by Crippen LogP contribution is -2.56. The maximum absolute atomic E-state index is 14.4. The number of rotatable bonds is 7. The first-order valence-corrected chi connectivity index (χ1v) is 12.6. The standard InChI is InChI=1S/C27H23ClF3N5O3/c28-20-7-2-1-6-19(20)24(25(38)34-17-13-27(30,31)14-17)35(18-5-3-4-16(29)12-18)26(39)21-8-9-23(37)36(21)22-10-11-32-15-33-22/h1-7,10-12,15,17,21,24H,8-9,13-14H2,(H,34,38). The Bertz CT molecular complexity index is 1400. The minimum atomic E-state index is -2.89. The fourth-order valence-corrected chi connectivity index (χ4v) is 5.20. The average Bonchev–Trinajstić information content (AvgIpc) is 3.28. The molecule has 2 atom stereocenters. The number of anilines is 2. The zero-order valence-corrected chi connectivity index (χ0v) is 21.2. The van der Waals surface area contributed by atoms with Crippen molar-refractivity contribution in [2.45, 2.75) is 49.7 Å². The van der Waals surface area contributed by atoms with E-state index in [2.05, 4.69) is 15.3 Å². The van der Waals surface area contributed by atoms with E-state index < -0.39 is 54.5 Å². The number of nitrogens with zero attached hydrogens (tertiary/aromatic N) is 4. The van der Waals surface area contributed by atoms with E-state index in [0.29, 0.717) is 0 Å². The highest BCUT2D eigenvalue weighted by molar-refractivity contribution is 6.31. The zero-order chi connectivity index (χ0) is 27.7. The monoisotopic (exact) mass is 557 g/mol. The van der Waals surface area contributed by atoms with Crippen LogP contribution in [-0.4, -0.2) is 45.7 Å². The average molecular weight is 558 g/mol. The van der Waals surface area contributed by atoms with Gasteiger partial charge >= 0.3 is 0 Å². The van der Waals surface area contributed by atoms with E-state index in [1.165, 1.54) is 53.8 Å². The molecule has 2 unspecified atom stereocenters. The highest BCUT2D eigenvalue weighted by Crippen LogP contribution is 2.39. The minimum Gasteiger partial charge on any atom is -0.351 e. The van der Waals surface area contributed by atoms with Gasteiger partial charge in [0.05, 0.1) is 0 Å². The van der Waals surface area contributed by atoms with Gasteiger partial charge in [0.15, 0.2) is 0 Å². The van der Waals surface area contributed by atoms with Crippen LogP contribution in [0, 0.1) is 5.82 Å². The van der Waals surface area contributed by atoms with Gasteiger partial charge < -0.3 is 5.32 Å². The summed E-state index contributed by atoms with van der Waals surface area (Å²) in [6, 6.07) is 9.51. The number of carbonyl (C=O) groups excluding carboxylic acids is 3. The van der Waals surface area contributed by atoms with Crippen molar-refractivity contribution in [3.05, 3.63) is 83.5 Å². The second kappa shape index (κ2) is 10.6. The van der Waals surface area contributed by atoms with E-state index >= 15 is 0 Å². The lowest BCUT2D eigenvalue weighted by atomic mass is 9.87. The van der Waals surface area contributed by atoms with Gasteiger partial charge in [-0.3, -0.25) is 24.2 Å². The Kier molecular flexibility index (Phi) is 7.26. The van der Waals surface area contributed by atoms with Crippen LogP contribution in [0.2, 0.25) is 5.02 Å². The van der Waals surface area contributed by atoms with E-state index in [-0.39, 0.29) is 40.8 Å². The molecule has 1 aromatic heterocycles. The van der Waals surface area contributed by atoms with Crippen LogP contribution in [0.3, 0.4) is 0 Å².